The first-order valence-electron chi connectivity index (χ1n) is 13.6. The smallest absolute Gasteiger partial charge is 0.339 e. The molecule has 0 atom stereocenters. The minimum Gasteiger partial charge on any atom is -0.339 e. The molecule has 2 fully saturated rings. The van der Waals surface area contributed by atoms with Crippen LogP contribution in [0.5, 0.6) is 0 Å². The summed E-state index contributed by atoms with van der Waals surface area (Å²) in [6.45, 7) is -0.580. The van der Waals surface area contributed by atoms with Crippen molar-refractivity contribution in [2.75, 3.05) is 24.7 Å². The number of rotatable bonds is 5. The Morgan fingerprint density at radius 3 is 2.30 bits per heavy atom. The van der Waals surface area contributed by atoms with Crippen LogP contribution in [0.25, 0.3) is 16.9 Å². The lowest BCUT2D eigenvalue weighted by Crippen LogP contribution is -2.57. The van der Waals surface area contributed by atoms with Crippen molar-refractivity contribution in [1.82, 2.24) is 25.0 Å². The highest BCUT2D eigenvalue weighted by Gasteiger charge is 2.51. The van der Waals surface area contributed by atoms with Crippen LogP contribution >= 0.6 is 0 Å². The molecule has 0 bridgehead atoms. The molecule has 1 spiro atoms. The van der Waals surface area contributed by atoms with Crippen molar-refractivity contribution in [3.8, 4) is 16.9 Å². The second-order valence-electron chi connectivity index (χ2n) is 10.5. The van der Waals surface area contributed by atoms with Crippen LogP contribution in [0.1, 0.15) is 34.5 Å². The fourth-order valence-electron chi connectivity index (χ4n) is 5.77. The molecule has 44 heavy (non-hydrogen) atoms. The fraction of sp³-hybridized carbons (Fsp3) is 0.267. The maximum Gasteiger partial charge on any atom is 0.419 e. The third kappa shape index (κ3) is 5.03. The van der Waals surface area contributed by atoms with Gasteiger partial charge in [0.1, 0.15) is 23.8 Å². The topological polar surface area (TPSA) is 83.4 Å². The number of aromatic nitrogens is 3. The van der Waals surface area contributed by atoms with Gasteiger partial charge in [-0.25, -0.2) is 17.9 Å². The van der Waals surface area contributed by atoms with Crippen molar-refractivity contribution in [2.45, 2.75) is 31.2 Å². The zero-order valence-corrected chi connectivity index (χ0v) is 22.9. The zero-order chi connectivity index (χ0) is 31.2. The summed E-state index contributed by atoms with van der Waals surface area (Å²) in [5.41, 5.74) is -1.32. The molecular weight excluding hydrogens is 590 g/mol. The van der Waals surface area contributed by atoms with E-state index in [-0.39, 0.29) is 55.5 Å². The minimum absolute atomic E-state index is 0.0239. The highest BCUT2D eigenvalue weighted by molar-refractivity contribution is 5.96. The van der Waals surface area contributed by atoms with Crippen molar-refractivity contribution in [1.29, 1.82) is 0 Å². The van der Waals surface area contributed by atoms with Gasteiger partial charge in [-0.3, -0.25) is 14.6 Å². The second kappa shape index (κ2) is 11.0. The standard InChI is InChI=1S/C30H24F6N6O2/c31-16-19-13-20(2-4-23(19)32)41-17-38-28(44)29(41)7-11-40(12-8-29)27(43)25-15-26(18-5-9-37-10-6-18)42(39-25)21-1-3-22(24(33)14-21)30(34,35)36/h1-6,9-10,13-15H,7-8,11-12,16-17H2,(H,38,44). The van der Waals surface area contributed by atoms with E-state index in [9.17, 15) is 35.9 Å². The lowest BCUT2D eigenvalue weighted by Gasteiger charge is -2.43. The number of anilines is 1. The Kier molecular flexibility index (Phi) is 7.30. The minimum atomic E-state index is -4.88. The van der Waals surface area contributed by atoms with Gasteiger partial charge in [-0.15, -0.1) is 0 Å². The third-order valence-corrected chi connectivity index (χ3v) is 8.11. The molecule has 0 radical (unpaired) electrons. The van der Waals surface area contributed by atoms with Gasteiger partial charge in [0.25, 0.3) is 5.91 Å². The van der Waals surface area contributed by atoms with Crippen molar-refractivity contribution in [3.05, 3.63) is 95.4 Å². The predicted octanol–water partition coefficient (Wildman–Crippen LogP) is 5.27. The second-order valence-corrected chi connectivity index (χ2v) is 10.5. The maximum absolute atomic E-state index is 14.5. The van der Waals surface area contributed by atoms with Gasteiger partial charge in [0.2, 0.25) is 5.91 Å². The summed E-state index contributed by atoms with van der Waals surface area (Å²) >= 11 is 0. The molecule has 2 amide bonds. The van der Waals surface area contributed by atoms with E-state index in [4.69, 9.17) is 0 Å². The summed E-state index contributed by atoms with van der Waals surface area (Å²) in [7, 11) is 0. The average Bonchev–Trinajstić information content (AvgIpc) is 3.59. The molecule has 1 N–H and O–H groups in total. The summed E-state index contributed by atoms with van der Waals surface area (Å²) in [6, 6.07) is 11.1. The van der Waals surface area contributed by atoms with Gasteiger partial charge in [-0.1, -0.05) is 0 Å². The van der Waals surface area contributed by atoms with E-state index >= 15 is 0 Å². The van der Waals surface area contributed by atoms with Crippen molar-refractivity contribution < 1.29 is 35.9 Å². The number of hydrogen-bond donors (Lipinski definition) is 1. The molecule has 2 aromatic carbocycles. The van der Waals surface area contributed by atoms with Gasteiger partial charge in [-0.2, -0.15) is 18.3 Å². The Hall–Kier alpha value is -4.88. The van der Waals surface area contributed by atoms with Crippen molar-refractivity contribution >= 4 is 17.5 Å². The van der Waals surface area contributed by atoms with Crippen LogP contribution in [0.4, 0.5) is 32.0 Å². The van der Waals surface area contributed by atoms with Gasteiger partial charge < -0.3 is 15.1 Å². The summed E-state index contributed by atoms with van der Waals surface area (Å²) in [6.07, 6.45) is -1.47. The molecule has 4 aromatic rings. The van der Waals surface area contributed by atoms with E-state index in [1.54, 1.807) is 17.0 Å². The third-order valence-electron chi connectivity index (χ3n) is 8.11. The Labute approximate surface area is 246 Å². The van der Waals surface area contributed by atoms with Crippen molar-refractivity contribution in [2.24, 2.45) is 0 Å². The number of hydrogen-bond acceptors (Lipinski definition) is 5. The van der Waals surface area contributed by atoms with E-state index in [1.807, 2.05) is 0 Å². The fourth-order valence-corrected chi connectivity index (χ4v) is 5.77. The number of piperidine rings is 1. The number of carbonyl (C=O) groups is 2. The largest absolute Gasteiger partial charge is 0.419 e. The van der Waals surface area contributed by atoms with Gasteiger partial charge in [0, 0.05) is 48.4 Å². The molecule has 6 rings (SSSR count). The highest BCUT2D eigenvalue weighted by Crippen LogP contribution is 2.38. The van der Waals surface area contributed by atoms with Crippen LogP contribution < -0.4 is 10.2 Å². The van der Waals surface area contributed by atoms with E-state index in [1.165, 1.54) is 40.2 Å². The average molecular weight is 615 g/mol. The molecule has 0 saturated carbocycles. The lowest BCUT2D eigenvalue weighted by molar-refractivity contribution is -0.140. The SMILES string of the molecule is O=C(c1cc(-c2ccncc2)n(-c2ccc(C(F)(F)F)c(F)c2)n1)N1CCC2(CC1)C(=O)NCN2c1ccc(F)c(CF)c1. The lowest BCUT2D eigenvalue weighted by atomic mass is 9.85. The molecule has 2 aromatic heterocycles. The van der Waals surface area contributed by atoms with Gasteiger partial charge in [0.15, 0.2) is 5.69 Å². The first-order chi connectivity index (χ1) is 21.0. The van der Waals surface area contributed by atoms with Gasteiger partial charge >= 0.3 is 6.18 Å². The number of halogens is 6. The molecule has 0 aliphatic carbocycles. The number of likely N-dealkylation sites (tertiary alicyclic amines) is 1. The number of nitrogens with one attached hydrogen (secondary N) is 1. The molecule has 0 unspecified atom stereocenters. The number of benzene rings is 2. The Balaban J connectivity index is 1.28. The molecule has 2 aliphatic heterocycles. The van der Waals surface area contributed by atoms with E-state index in [2.05, 4.69) is 15.4 Å². The summed E-state index contributed by atoms with van der Waals surface area (Å²) in [4.78, 5) is 33.9. The van der Waals surface area contributed by atoms with E-state index < -0.39 is 41.5 Å². The maximum atomic E-state index is 14.5. The first-order valence-corrected chi connectivity index (χ1v) is 13.6. The predicted molar refractivity (Wildman–Crippen MR) is 146 cm³/mol. The van der Waals surface area contributed by atoms with Crippen LogP contribution in [-0.4, -0.2) is 56.8 Å². The molecule has 8 nitrogen and oxygen atoms in total. The number of nitrogens with zero attached hydrogens (tertiary/aromatic N) is 5. The van der Waals surface area contributed by atoms with Crippen molar-refractivity contribution in [3.63, 3.8) is 0 Å². The monoisotopic (exact) mass is 614 g/mol. The quantitative estimate of drug-likeness (QED) is 0.310. The first kappa shape index (κ1) is 29.2. The molecule has 2 saturated heterocycles. The number of alkyl halides is 4. The Morgan fingerprint density at radius 1 is 0.932 bits per heavy atom. The van der Waals surface area contributed by atoms with Crippen LogP contribution in [0, 0.1) is 11.6 Å². The Morgan fingerprint density at radius 2 is 1.64 bits per heavy atom. The van der Waals surface area contributed by atoms with Crippen LogP contribution in [0.3, 0.4) is 0 Å². The number of pyridine rings is 1. The summed E-state index contributed by atoms with van der Waals surface area (Å²) < 4.78 is 82.5. The van der Waals surface area contributed by atoms with Gasteiger partial charge in [-0.05, 0) is 61.4 Å². The summed E-state index contributed by atoms with van der Waals surface area (Å²) in [5, 5.41) is 7.15. The zero-order valence-electron chi connectivity index (χ0n) is 22.9. The molecule has 14 heteroatoms. The Bertz CT molecular complexity index is 1730. The molecule has 228 valence electrons. The highest BCUT2D eigenvalue weighted by atomic mass is 19.4. The number of carbonyl (C=O) groups excluding carboxylic acids is 2. The van der Waals surface area contributed by atoms with Gasteiger partial charge in [0.05, 0.1) is 23.6 Å². The van der Waals surface area contributed by atoms with E-state index in [0.29, 0.717) is 29.1 Å². The normalized spacial score (nSPS) is 16.5. The van der Waals surface area contributed by atoms with E-state index in [0.717, 1.165) is 12.1 Å². The summed E-state index contributed by atoms with van der Waals surface area (Å²) in [5.74, 6) is -2.93. The molecule has 4 heterocycles. The van der Waals surface area contributed by atoms with Crippen LogP contribution in [0.15, 0.2) is 67.0 Å². The molecule has 2 aliphatic rings. The molecular formula is C30H24F6N6O2. The number of amides is 2. The van der Waals surface area contributed by atoms with Crippen LogP contribution in [-0.2, 0) is 17.6 Å². The van der Waals surface area contributed by atoms with Crippen LogP contribution in [0.2, 0.25) is 0 Å².